The van der Waals surface area contributed by atoms with E-state index in [0.29, 0.717) is 5.88 Å². The second kappa shape index (κ2) is 4.66. The highest BCUT2D eigenvalue weighted by Crippen LogP contribution is 2.09. The Morgan fingerprint density at radius 1 is 1.42 bits per heavy atom. The molecule has 0 fully saturated rings. The Hall–Kier alpha value is -1.16. The van der Waals surface area contributed by atoms with E-state index in [9.17, 15) is 0 Å². The van der Waals surface area contributed by atoms with Gasteiger partial charge in [0.15, 0.2) is 0 Å². The van der Waals surface area contributed by atoms with Gasteiger partial charge in [0.1, 0.15) is 5.69 Å². The van der Waals surface area contributed by atoms with Crippen LogP contribution in [0.1, 0.15) is 5.69 Å². The maximum absolute atomic E-state index is 5.04. The molecule has 66 valence electrons. The molecule has 0 saturated heterocycles. The lowest BCUT2D eigenvalue weighted by Crippen LogP contribution is -2.12. The summed E-state index contributed by atoms with van der Waals surface area (Å²) in [7, 11) is 3.51. The highest BCUT2D eigenvalue weighted by Gasteiger charge is 2.02. The summed E-state index contributed by atoms with van der Waals surface area (Å²) in [5.74, 6) is 0.618. The molecule has 0 unspecified atom stereocenters. The lowest BCUT2D eigenvalue weighted by molar-refractivity contribution is 0.389. The number of hydrogen-bond acceptors (Lipinski definition) is 4. The molecule has 0 aromatic carbocycles. The van der Waals surface area contributed by atoms with E-state index < -0.39 is 0 Å². The van der Waals surface area contributed by atoms with Gasteiger partial charge in [0.25, 0.3) is 0 Å². The number of rotatable bonds is 4. The second-order valence-corrected chi connectivity index (χ2v) is 2.37. The van der Waals surface area contributed by atoms with E-state index in [1.54, 1.807) is 19.5 Å². The molecule has 4 nitrogen and oxygen atoms in total. The molecule has 0 amide bonds. The van der Waals surface area contributed by atoms with Gasteiger partial charge in [-0.05, 0) is 7.05 Å². The molecule has 0 aliphatic carbocycles. The largest absolute Gasteiger partial charge is 0.480 e. The Kier molecular flexibility index (Phi) is 3.47. The summed E-state index contributed by atoms with van der Waals surface area (Å²) in [4.78, 5) is 8.20. The molecule has 0 spiro atoms. The monoisotopic (exact) mass is 167 g/mol. The summed E-state index contributed by atoms with van der Waals surface area (Å²) in [5, 5.41) is 3.04. The lowest BCUT2D eigenvalue weighted by Gasteiger charge is -2.04. The molecular weight excluding hydrogens is 154 g/mol. The highest BCUT2D eigenvalue weighted by atomic mass is 16.5. The number of likely N-dealkylation sites (N-methyl/N-ethyl adjacent to an activating group) is 1. The van der Waals surface area contributed by atoms with Crippen LogP contribution in [0.25, 0.3) is 0 Å². The predicted molar refractivity (Wildman–Crippen MR) is 46.2 cm³/mol. The van der Waals surface area contributed by atoms with E-state index in [4.69, 9.17) is 4.74 Å². The smallest absolute Gasteiger partial charge is 0.235 e. The third kappa shape index (κ3) is 2.17. The minimum atomic E-state index is 0.618. The fourth-order valence-corrected chi connectivity index (χ4v) is 0.939. The SMILES string of the molecule is CNCCc1nccnc1OC. The van der Waals surface area contributed by atoms with Gasteiger partial charge in [-0.15, -0.1) is 0 Å². The van der Waals surface area contributed by atoms with E-state index in [1.807, 2.05) is 7.05 Å². The second-order valence-electron chi connectivity index (χ2n) is 2.37. The fraction of sp³-hybridized carbons (Fsp3) is 0.500. The molecule has 0 aliphatic heterocycles. The summed E-state index contributed by atoms with van der Waals surface area (Å²) in [6, 6.07) is 0. The first-order chi connectivity index (χ1) is 5.88. The topological polar surface area (TPSA) is 47.0 Å². The van der Waals surface area contributed by atoms with Gasteiger partial charge in [-0.3, -0.25) is 4.98 Å². The van der Waals surface area contributed by atoms with Crippen LogP contribution in [0.4, 0.5) is 0 Å². The zero-order chi connectivity index (χ0) is 8.81. The molecule has 12 heavy (non-hydrogen) atoms. The predicted octanol–water partition coefficient (Wildman–Crippen LogP) is 0.247. The van der Waals surface area contributed by atoms with E-state index in [-0.39, 0.29) is 0 Å². The summed E-state index contributed by atoms with van der Waals surface area (Å²) in [5.41, 5.74) is 0.898. The van der Waals surface area contributed by atoms with Crippen molar-refractivity contribution in [2.75, 3.05) is 20.7 Å². The van der Waals surface area contributed by atoms with E-state index >= 15 is 0 Å². The molecule has 0 saturated carbocycles. The van der Waals surface area contributed by atoms with Gasteiger partial charge in [-0.25, -0.2) is 4.98 Å². The van der Waals surface area contributed by atoms with Gasteiger partial charge in [-0.2, -0.15) is 0 Å². The Morgan fingerprint density at radius 3 is 2.83 bits per heavy atom. The molecular formula is C8H13N3O. The number of methoxy groups -OCH3 is 1. The van der Waals surface area contributed by atoms with Crippen molar-refractivity contribution in [3.05, 3.63) is 18.1 Å². The van der Waals surface area contributed by atoms with Gasteiger partial charge in [0, 0.05) is 25.4 Å². The van der Waals surface area contributed by atoms with Crippen LogP contribution in [0.2, 0.25) is 0 Å². The molecule has 4 heteroatoms. The maximum atomic E-state index is 5.04. The van der Waals surface area contributed by atoms with Crippen molar-refractivity contribution >= 4 is 0 Å². The Morgan fingerprint density at radius 2 is 2.17 bits per heavy atom. The van der Waals surface area contributed by atoms with Crippen molar-refractivity contribution in [1.82, 2.24) is 15.3 Å². The summed E-state index contributed by atoms with van der Waals surface area (Å²) >= 11 is 0. The van der Waals surface area contributed by atoms with Crippen molar-refractivity contribution in [3.8, 4) is 5.88 Å². The molecule has 1 heterocycles. The third-order valence-electron chi connectivity index (χ3n) is 1.54. The number of ether oxygens (including phenoxy) is 1. The summed E-state index contributed by atoms with van der Waals surface area (Å²) in [6.07, 6.45) is 4.14. The van der Waals surface area contributed by atoms with E-state index in [1.165, 1.54) is 0 Å². The molecule has 1 aromatic rings. The first-order valence-corrected chi connectivity index (χ1v) is 3.87. The standard InChI is InChI=1S/C8H13N3O/c1-9-4-3-7-8(12-2)11-6-5-10-7/h5-6,9H,3-4H2,1-2H3. The Balaban J connectivity index is 2.68. The zero-order valence-electron chi connectivity index (χ0n) is 7.37. The Labute approximate surface area is 72.0 Å². The maximum Gasteiger partial charge on any atom is 0.235 e. The zero-order valence-corrected chi connectivity index (χ0v) is 7.37. The molecule has 1 rings (SSSR count). The lowest BCUT2D eigenvalue weighted by atomic mass is 10.3. The normalized spacial score (nSPS) is 9.83. The van der Waals surface area contributed by atoms with Crippen molar-refractivity contribution < 1.29 is 4.74 Å². The van der Waals surface area contributed by atoms with Crippen LogP contribution in [0.3, 0.4) is 0 Å². The first-order valence-electron chi connectivity index (χ1n) is 3.87. The van der Waals surface area contributed by atoms with Gasteiger partial charge < -0.3 is 10.1 Å². The van der Waals surface area contributed by atoms with Crippen LogP contribution in [-0.4, -0.2) is 30.7 Å². The van der Waals surface area contributed by atoms with Gasteiger partial charge in [-0.1, -0.05) is 0 Å². The van der Waals surface area contributed by atoms with Crippen LogP contribution < -0.4 is 10.1 Å². The number of aromatic nitrogens is 2. The first kappa shape index (κ1) is 8.93. The molecule has 1 N–H and O–H groups in total. The van der Waals surface area contributed by atoms with Crippen molar-refractivity contribution in [3.63, 3.8) is 0 Å². The molecule has 0 aliphatic rings. The van der Waals surface area contributed by atoms with Crippen LogP contribution in [0.15, 0.2) is 12.4 Å². The quantitative estimate of drug-likeness (QED) is 0.698. The van der Waals surface area contributed by atoms with Crippen LogP contribution in [-0.2, 0) is 6.42 Å². The minimum absolute atomic E-state index is 0.618. The number of nitrogens with zero attached hydrogens (tertiary/aromatic N) is 2. The Bertz CT molecular complexity index is 239. The van der Waals surface area contributed by atoms with E-state index in [2.05, 4.69) is 15.3 Å². The molecule has 0 radical (unpaired) electrons. The van der Waals surface area contributed by atoms with Crippen LogP contribution in [0.5, 0.6) is 5.88 Å². The van der Waals surface area contributed by atoms with E-state index in [0.717, 1.165) is 18.7 Å². The fourth-order valence-electron chi connectivity index (χ4n) is 0.939. The van der Waals surface area contributed by atoms with Crippen molar-refractivity contribution in [1.29, 1.82) is 0 Å². The van der Waals surface area contributed by atoms with Gasteiger partial charge >= 0.3 is 0 Å². The summed E-state index contributed by atoms with van der Waals surface area (Å²) in [6.45, 7) is 0.884. The number of nitrogens with one attached hydrogen (secondary N) is 1. The average Bonchev–Trinajstić information content (AvgIpc) is 2.15. The van der Waals surface area contributed by atoms with Crippen molar-refractivity contribution in [2.24, 2.45) is 0 Å². The van der Waals surface area contributed by atoms with Gasteiger partial charge in [0.2, 0.25) is 5.88 Å². The molecule has 0 atom stereocenters. The average molecular weight is 167 g/mol. The summed E-state index contributed by atoms with van der Waals surface area (Å²) < 4.78 is 5.04. The molecule has 0 bridgehead atoms. The van der Waals surface area contributed by atoms with Gasteiger partial charge in [0.05, 0.1) is 7.11 Å². The highest BCUT2D eigenvalue weighted by molar-refractivity contribution is 5.17. The van der Waals surface area contributed by atoms with Crippen molar-refractivity contribution in [2.45, 2.75) is 6.42 Å². The number of hydrogen-bond donors (Lipinski definition) is 1. The van der Waals surface area contributed by atoms with Crippen LogP contribution >= 0.6 is 0 Å². The third-order valence-corrected chi connectivity index (χ3v) is 1.54. The van der Waals surface area contributed by atoms with Crippen LogP contribution in [0, 0.1) is 0 Å². The molecule has 1 aromatic heterocycles. The minimum Gasteiger partial charge on any atom is -0.480 e.